The molecule has 3 aromatic rings. The number of hydrogen-bond acceptors (Lipinski definition) is 4. The van der Waals surface area contributed by atoms with Crippen LogP contribution < -0.4 is 15.1 Å². The number of urea groups is 1. The number of alkyl halides is 3. The zero-order valence-corrected chi connectivity index (χ0v) is 20.9. The molecular formula is C28H27F3N4O3. The standard InChI is InChI=1S/C28H27F3N4O3/c1-18-10-11-22(16-19(18)2)35-26(37)32-24-9-4-3-8-23(24)27(35,38)25(36)34-14-12-33(13-15-34)21-7-5-6-20(17-21)28(29,30)31/h3-11,16-17,38H,12-15H2,1-2H3,(H,32,37)/t27-/m0/s1. The maximum Gasteiger partial charge on any atom is 0.416 e. The number of para-hydroxylation sites is 1. The second kappa shape index (κ2) is 9.36. The molecule has 5 rings (SSSR count). The lowest BCUT2D eigenvalue weighted by atomic mass is 9.93. The second-order valence-electron chi connectivity index (χ2n) is 9.58. The van der Waals surface area contributed by atoms with Gasteiger partial charge < -0.3 is 20.2 Å². The molecule has 3 amide bonds. The van der Waals surface area contributed by atoms with Crippen LogP contribution in [0.2, 0.25) is 0 Å². The average molecular weight is 525 g/mol. The van der Waals surface area contributed by atoms with E-state index in [2.05, 4.69) is 5.32 Å². The van der Waals surface area contributed by atoms with Crippen molar-refractivity contribution in [1.82, 2.24) is 4.90 Å². The topological polar surface area (TPSA) is 76.1 Å². The lowest BCUT2D eigenvalue weighted by molar-refractivity contribution is -0.152. The zero-order chi connectivity index (χ0) is 27.2. The molecule has 2 aliphatic rings. The van der Waals surface area contributed by atoms with Crippen molar-refractivity contribution in [2.75, 3.05) is 41.3 Å². The third kappa shape index (κ3) is 4.34. The molecule has 1 atom stereocenters. The Morgan fingerprint density at radius 1 is 0.895 bits per heavy atom. The van der Waals surface area contributed by atoms with Crippen LogP contribution in [0.1, 0.15) is 22.3 Å². The predicted octanol–water partition coefficient (Wildman–Crippen LogP) is 4.87. The summed E-state index contributed by atoms with van der Waals surface area (Å²) in [6.07, 6.45) is -4.45. The van der Waals surface area contributed by atoms with E-state index < -0.39 is 29.4 Å². The number of amides is 3. The van der Waals surface area contributed by atoms with Crippen LogP contribution in [0.5, 0.6) is 0 Å². The van der Waals surface area contributed by atoms with E-state index in [1.54, 1.807) is 47.4 Å². The summed E-state index contributed by atoms with van der Waals surface area (Å²) in [6, 6.07) is 16.3. The normalized spacial score (nSPS) is 19.7. The Morgan fingerprint density at radius 2 is 1.61 bits per heavy atom. The molecule has 0 unspecified atom stereocenters. The van der Waals surface area contributed by atoms with E-state index in [4.69, 9.17) is 0 Å². The van der Waals surface area contributed by atoms with Crippen LogP contribution >= 0.6 is 0 Å². The van der Waals surface area contributed by atoms with Crippen LogP contribution in [-0.2, 0) is 16.7 Å². The van der Waals surface area contributed by atoms with Crippen molar-refractivity contribution in [2.24, 2.45) is 0 Å². The number of carbonyl (C=O) groups is 2. The van der Waals surface area contributed by atoms with Crippen molar-refractivity contribution in [2.45, 2.75) is 25.7 Å². The van der Waals surface area contributed by atoms with Gasteiger partial charge in [-0.2, -0.15) is 13.2 Å². The smallest absolute Gasteiger partial charge is 0.368 e. The fraction of sp³-hybridized carbons (Fsp3) is 0.286. The zero-order valence-electron chi connectivity index (χ0n) is 20.9. The Hall–Kier alpha value is -4.05. The van der Waals surface area contributed by atoms with Gasteiger partial charge in [0.15, 0.2) is 0 Å². The Balaban J connectivity index is 1.46. The largest absolute Gasteiger partial charge is 0.416 e. The van der Waals surface area contributed by atoms with E-state index >= 15 is 0 Å². The number of benzene rings is 3. The molecule has 0 saturated carbocycles. The van der Waals surface area contributed by atoms with Crippen LogP contribution in [0.4, 0.5) is 35.0 Å². The van der Waals surface area contributed by atoms with Crippen LogP contribution in [0.15, 0.2) is 66.7 Å². The van der Waals surface area contributed by atoms with E-state index in [0.29, 0.717) is 17.1 Å². The number of aliphatic hydroxyl groups is 1. The number of nitrogens with one attached hydrogen (secondary N) is 1. The van der Waals surface area contributed by atoms with Crippen LogP contribution in [0.25, 0.3) is 0 Å². The molecule has 1 fully saturated rings. The number of nitrogens with zero attached hydrogens (tertiary/aromatic N) is 3. The van der Waals surface area contributed by atoms with Gasteiger partial charge in [0.25, 0.3) is 11.6 Å². The molecule has 7 nitrogen and oxygen atoms in total. The fourth-order valence-electron chi connectivity index (χ4n) is 4.98. The average Bonchev–Trinajstić information content (AvgIpc) is 2.90. The maximum absolute atomic E-state index is 14.0. The van der Waals surface area contributed by atoms with Crippen molar-refractivity contribution >= 4 is 29.0 Å². The van der Waals surface area contributed by atoms with E-state index in [-0.39, 0.29) is 31.7 Å². The van der Waals surface area contributed by atoms with Gasteiger partial charge in [-0.15, -0.1) is 0 Å². The summed E-state index contributed by atoms with van der Waals surface area (Å²) < 4.78 is 39.6. The summed E-state index contributed by atoms with van der Waals surface area (Å²) in [5.74, 6) is -0.679. The molecule has 38 heavy (non-hydrogen) atoms. The van der Waals surface area contributed by atoms with Gasteiger partial charge in [0.05, 0.1) is 11.3 Å². The molecular weight excluding hydrogens is 497 g/mol. The number of fused-ring (bicyclic) bond motifs is 1. The van der Waals surface area contributed by atoms with Gasteiger partial charge in [0.1, 0.15) is 0 Å². The van der Waals surface area contributed by atoms with Gasteiger partial charge in [0.2, 0.25) is 0 Å². The van der Waals surface area contributed by atoms with E-state index in [1.807, 2.05) is 19.9 Å². The van der Waals surface area contributed by atoms with Crippen molar-refractivity contribution in [3.63, 3.8) is 0 Å². The maximum atomic E-state index is 14.0. The van der Waals surface area contributed by atoms with Gasteiger partial charge in [0, 0.05) is 43.1 Å². The molecule has 3 aromatic carbocycles. The Morgan fingerprint density at radius 3 is 2.29 bits per heavy atom. The monoisotopic (exact) mass is 524 g/mol. The summed E-state index contributed by atoms with van der Waals surface area (Å²) in [5, 5.41) is 14.9. The molecule has 0 bridgehead atoms. The summed E-state index contributed by atoms with van der Waals surface area (Å²) in [5.41, 5.74) is 0.156. The van der Waals surface area contributed by atoms with Gasteiger partial charge in [-0.1, -0.05) is 30.3 Å². The number of aryl methyl sites for hydroxylation is 2. The number of carbonyl (C=O) groups excluding carboxylic acids is 2. The molecule has 2 heterocycles. The highest BCUT2D eigenvalue weighted by atomic mass is 19.4. The fourth-order valence-corrected chi connectivity index (χ4v) is 4.98. The minimum absolute atomic E-state index is 0.155. The van der Waals surface area contributed by atoms with Crippen molar-refractivity contribution in [3.05, 3.63) is 89.0 Å². The highest BCUT2D eigenvalue weighted by Crippen LogP contribution is 2.41. The molecule has 1 saturated heterocycles. The highest BCUT2D eigenvalue weighted by Gasteiger charge is 2.53. The minimum Gasteiger partial charge on any atom is -0.368 e. The summed E-state index contributed by atoms with van der Waals surface area (Å²) in [6.45, 7) is 4.64. The van der Waals surface area contributed by atoms with Gasteiger partial charge in [-0.3, -0.25) is 9.69 Å². The second-order valence-corrected chi connectivity index (χ2v) is 9.58. The lowest BCUT2D eigenvalue weighted by Crippen LogP contribution is -2.65. The molecule has 2 aliphatic heterocycles. The van der Waals surface area contributed by atoms with Crippen LogP contribution in [0.3, 0.4) is 0 Å². The number of anilines is 3. The molecule has 10 heteroatoms. The first-order valence-electron chi connectivity index (χ1n) is 12.2. The number of rotatable bonds is 3. The quantitative estimate of drug-likeness (QED) is 0.513. The molecule has 0 radical (unpaired) electrons. The molecule has 198 valence electrons. The van der Waals surface area contributed by atoms with Gasteiger partial charge >= 0.3 is 12.2 Å². The molecule has 0 aromatic heterocycles. The minimum atomic E-state index is -4.45. The Kier molecular flexibility index (Phi) is 6.30. The van der Waals surface area contributed by atoms with Gasteiger partial charge in [-0.25, -0.2) is 4.79 Å². The first-order chi connectivity index (χ1) is 18.0. The third-order valence-electron chi connectivity index (χ3n) is 7.22. The first-order valence-corrected chi connectivity index (χ1v) is 12.2. The van der Waals surface area contributed by atoms with Crippen molar-refractivity contribution in [3.8, 4) is 0 Å². The van der Waals surface area contributed by atoms with Crippen molar-refractivity contribution < 1.29 is 27.9 Å². The number of hydrogen-bond donors (Lipinski definition) is 2. The number of piperazine rings is 1. The van der Waals surface area contributed by atoms with Crippen molar-refractivity contribution in [1.29, 1.82) is 0 Å². The number of halogens is 3. The van der Waals surface area contributed by atoms with E-state index in [1.165, 1.54) is 11.0 Å². The predicted molar refractivity (Wildman–Crippen MR) is 138 cm³/mol. The molecule has 0 spiro atoms. The van der Waals surface area contributed by atoms with Crippen LogP contribution in [-0.4, -0.2) is 48.1 Å². The Bertz CT molecular complexity index is 1400. The molecule has 2 N–H and O–H groups in total. The summed E-state index contributed by atoms with van der Waals surface area (Å²) >= 11 is 0. The van der Waals surface area contributed by atoms with E-state index in [9.17, 15) is 27.9 Å². The highest BCUT2D eigenvalue weighted by molar-refractivity contribution is 6.11. The SMILES string of the molecule is Cc1ccc(N2C(=O)Nc3ccccc3[C@]2(O)C(=O)N2CCN(c3cccc(C(F)(F)F)c3)CC2)cc1C. The van der Waals surface area contributed by atoms with E-state index in [0.717, 1.165) is 28.2 Å². The molecule has 0 aliphatic carbocycles. The summed E-state index contributed by atoms with van der Waals surface area (Å²) in [4.78, 5) is 31.6. The Labute approximate surface area is 218 Å². The summed E-state index contributed by atoms with van der Waals surface area (Å²) in [7, 11) is 0. The van der Waals surface area contributed by atoms with Crippen LogP contribution in [0, 0.1) is 13.8 Å². The lowest BCUT2D eigenvalue weighted by Gasteiger charge is -2.46. The third-order valence-corrected chi connectivity index (χ3v) is 7.22. The van der Waals surface area contributed by atoms with Gasteiger partial charge in [-0.05, 0) is 61.4 Å². The first kappa shape index (κ1) is 25.6.